The average Bonchev–Trinajstić information content (AvgIpc) is 3.41. The van der Waals surface area contributed by atoms with Crippen LogP contribution in [-0.2, 0) is 11.2 Å². The molecule has 1 aromatic heterocycles. The number of carbonyl (C=O) groups excluding carboxylic acids is 1. The lowest BCUT2D eigenvalue weighted by Gasteiger charge is -2.36. The minimum absolute atomic E-state index is 0.0789. The molecule has 0 unspecified atom stereocenters. The molecule has 6 nitrogen and oxygen atoms in total. The van der Waals surface area contributed by atoms with Crippen LogP contribution in [0.3, 0.4) is 0 Å². The summed E-state index contributed by atoms with van der Waals surface area (Å²) in [5.41, 5.74) is 1.18. The fourth-order valence-corrected chi connectivity index (χ4v) is 3.36. The Morgan fingerprint density at radius 3 is 2.60 bits per heavy atom. The minimum Gasteiger partial charge on any atom is -0.340 e. The number of carbonyl (C=O) groups is 1. The summed E-state index contributed by atoms with van der Waals surface area (Å²) < 4.78 is 5.49. The smallest absolute Gasteiger partial charge is 0.243 e. The standard InChI is InChI=1S/C19H24N4O2/c1-14(22-9-11-23(12-10-22)19(24)16-7-8-16)18-20-17(21-25-18)13-15-5-3-2-4-6-15/h2-6,14,16H,7-13H2,1H3/t14-/m1/s1. The second-order valence-corrected chi connectivity index (χ2v) is 7.02. The molecule has 1 aliphatic carbocycles. The largest absolute Gasteiger partial charge is 0.340 e. The van der Waals surface area contributed by atoms with Gasteiger partial charge in [-0.15, -0.1) is 0 Å². The number of rotatable bonds is 5. The van der Waals surface area contributed by atoms with Crippen LogP contribution in [0.25, 0.3) is 0 Å². The van der Waals surface area contributed by atoms with Gasteiger partial charge in [0.05, 0.1) is 6.04 Å². The summed E-state index contributed by atoms with van der Waals surface area (Å²) in [6, 6.07) is 10.2. The maximum absolute atomic E-state index is 12.2. The van der Waals surface area contributed by atoms with Gasteiger partial charge in [0, 0.05) is 38.5 Å². The number of hydrogen-bond acceptors (Lipinski definition) is 5. The Balaban J connectivity index is 1.34. The number of hydrogen-bond donors (Lipinski definition) is 0. The summed E-state index contributed by atoms with van der Waals surface area (Å²) >= 11 is 0. The molecule has 0 spiro atoms. The van der Waals surface area contributed by atoms with E-state index in [9.17, 15) is 4.79 Å². The number of amides is 1. The van der Waals surface area contributed by atoms with E-state index in [2.05, 4.69) is 34.1 Å². The van der Waals surface area contributed by atoms with Gasteiger partial charge in [0.15, 0.2) is 5.82 Å². The molecule has 132 valence electrons. The molecule has 1 saturated heterocycles. The molecule has 1 aliphatic heterocycles. The summed E-state index contributed by atoms with van der Waals surface area (Å²) in [6.45, 7) is 5.40. The normalized spacial score (nSPS) is 19.8. The molecule has 2 aromatic rings. The second kappa shape index (κ2) is 6.96. The Bertz CT molecular complexity index is 718. The fourth-order valence-electron chi connectivity index (χ4n) is 3.36. The van der Waals surface area contributed by atoms with E-state index in [-0.39, 0.29) is 6.04 Å². The molecule has 6 heteroatoms. The quantitative estimate of drug-likeness (QED) is 0.835. The Labute approximate surface area is 147 Å². The van der Waals surface area contributed by atoms with E-state index in [1.54, 1.807) is 0 Å². The lowest BCUT2D eigenvalue weighted by molar-refractivity contribution is -0.134. The van der Waals surface area contributed by atoms with Crippen LogP contribution in [0.5, 0.6) is 0 Å². The zero-order chi connectivity index (χ0) is 17.2. The summed E-state index contributed by atoms with van der Waals surface area (Å²) in [6.07, 6.45) is 2.82. The van der Waals surface area contributed by atoms with Crippen LogP contribution >= 0.6 is 0 Å². The lowest BCUT2D eigenvalue weighted by Crippen LogP contribution is -2.49. The molecular weight excluding hydrogens is 316 g/mol. The van der Waals surface area contributed by atoms with E-state index in [4.69, 9.17) is 4.52 Å². The first kappa shape index (κ1) is 16.3. The Kier molecular flexibility index (Phi) is 4.53. The van der Waals surface area contributed by atoms with Crippen LogP contribution in [0.4, 0.5) is 0 Å². The predicted molar refractivity (Wildman–Crippen MR) is 92.8 cm³/mol. The van der Waals surface area contributed by atoms with Crippen LogP contribution in [0.2, 0.25) is 0 Å². The molecule has 25 heavy (non-hydrogen) atoms. The average molecular weight is 340 g/mol. The van der Waals surface area contributed by atoms with E-state index < -0.39 is 0 Å². The Morgan fingerprint density at radius 2 is 1.92 bits per heavy atom. The zero-order valence-electron chi connectivity index (χ0n) is 14.6. The maximum atomic E-state index is 12.2. The lowest BCUT2D eigenvalue weighted by atomic mass is 10.1. The number of benzene rings is 1. The zero-order valence-corrected chi connectivity index (χ0v) is 14.6. The fraction of sp³-hybridized carbons (Fsp3) is 0.526. The van der Waals surface area contributed by atoms with Gasteiger partial charge in [-0.2, -0.15) is 4.98 Å². The van der Waals surface area contributed by atoms with Crippen molar-refractivity contribution in [3.8, 4) is 0 Å². The molecule has 1 saturated carbocycles. The van der Waals surface area contributed by atoms with Gasteiger partial charge in [0.25, 0.3) is 0 Å². The highest BCUT2D eigenvalue weighted by Gasteiger charge is 2.35. The van der Waals surface area contributed by atoms with E-state index in [0.717, 1.165) is 44.8 Å². The summed E-state index contributed by atoms with van der Waals surface area (Å²) in [4.78, 5) is 21.0. The van der Waals surface area contributed by atoms with Crippen molar-refractivity contribution in [1.82, 2.24) is 19.9 Å². The summed E-state index contributed by atoms with van der Waals surface area (Å²) in [5.74, 6) is 2.03. The third-order valence-corrected chi connectivity index (χ3v) is 5.15. The monoisotopic (exact) mass is 340 g/mol. The Morgan fingerprint density at radius 1 is 1.20 bits per heavy atom. The molecule has 0 radical (unpaired) electrons. The van der Waals surface area contributed by atoms with Crippen LogP contribution in [-0.4, -0.2) is 52.0 Å². The second-order valence-electron chi connectivity index (χ2n) is 7.02. The van der Waals surface area contributed by atoms with Crippen molar-refractivity contribution in [3.63, 3.8) is 0 Å². The number of piperazine rings is 1. The first-order chi connectivity index (χ1) is 12.2. The first-order valence-electron chi connectivity index (χ1n) is 9.10. The van der Waals surface area contributed by atoms with Gasteiger partial charge in [-0.05, 0) is 25.3 Å². The highest BCUT2D eigenvalue weighted by Crippen LogP contribution is 2.31. The molecule has 0 bridgehead atoms. The van der Waals surface area contributed by atoms with Gasteiger partial charge in [-0.1, -0.05) is 35.5 Å². The van der Waals surface area contributed by atoms with Gasteiger partial charge in [-0.25, -0.2) is 0 Å². The van der Waals surface area contributed by atoms with E-state index in [0.29, 0.717) is 24.1 Å². The molecule has 2 aliphatic rings. The number of nitrogens with zero attached hydrogens (tertiary/aromatic N) is 4. The van der Waals surface area contributed by atoms with Crippen molar-refractivity contribution >= 4 is 5.91 Å². The van der Waals surface area contributed by atoms with Crippen molar-refractivity contribution in [1.29, 1.82) is 0 Å². The van der Waals surface area contributed by atoms with E-state index in [1.165, 1.54) is 5.56 Å². The molecule has 0 N–H and O–H groups in total. The van der Waals surface area contributed by atoms with Gasteiger partial charge >= 0.3 is 0 Å². The number of aromatic nitrogens is 2. The third-order valence-electron chi connectivity index (χ3n) is 5.15. The van der Waals surface area contributed by atoms with Crippen LogP contribution in [0.15, 0.2) is 34.9 Å². The van der Waals surface area contributed by atoms with Crippen molar-refractivity contribution in [2.45, 2.75) is 32.2 Å². The molecule has 1 aromatic carbocycles. The first-order valence-corrected chi connectivity index (χ1v) is 9.10. The van der Waals surface area contributed by atoms with Crippen LogP contribution < -0.4 is 0 Å². The molecule has 2 heterocycles. The molecule has 1 amide bonds. The molecular formula is C19H24N4O2. The van der Waals surface area contributed by atoms with Gasteiger partial charge in [-0.3, -0.25) is 9.69 Å². The highest BCUT2D eigenvalue weighted by molar-refractivity contribution is 5.81. The SMILES string of the molecule is C[C@H](c1nc(Cc2ccccc2)no1)N1CCN(C(=O)C2CC2)CC1. The minimum atomic E-state index is 0.0789. The van der Waals surface area contributed by atoms with Gasteiger partial charge < -0.3 is 9.42 Å². The Hall–Kier alpha value is -2.21. The van der Waals surface area contributed by atoms with Crippen molar-refractivity contribution in [2.24, 2.45) is 5.92 Å². The predicted octanol–water partition coefficient (Wildman–Crippen LogP) is 2.28. The van der Waals surface area contributed by atoms with Gasteiger partial charge in [0.1, 0.15) is 0 Å². The summed E-state index contributed by atoms with van der Waals surface area (Å²) in [5, 5.41) is 4.12. The molecule has 1 atom stereocenters. The third kappa shape index (κ3) is 3.74. The van der Waals surface area contributed by atoms with Gasteiger partial charge in [0.2, 0.25) is 11.8 Å². The molecule has 4 rings (SSSR count). The summed E-state index contributed by atoms with van der Waals surface area (Å²) in [7, 11) is 0. The van der Waals surface area contributed by atoms with Crippen molar-refractivity contribution in [3.05, 3.63) is 47.6 Å². The van der Waals surface area contributed by atoms with E-state index in [1.807, 2.05) is 23.1 Å². The van der Waals surface area contributed by atoms with Crippen LogP contribution in [0.1, 0.15) is 43.1 Å². The van der Waals surface area contributed by atoms with Crippen LogP contribution in [0, 0.1) is 5.92 Å². The maximum Gasteiger partial charge on any atom is 0.243 e. The van der Waals surface area contributed by atoms with Crippen molar-refractivity contribution < 1.29 is 9.32 Å². The van der Waals surface area contributed by atoms with Crippen molar-refractivity contribution in [2.75, 3.05) is 26.2 Å². The molecule has 2 fully saturated rings. The van der Waals surface area contributed by atoms with E-state index >= 15 is 0 Å². The topological polar surface area (TPSA) is 62.5 Å². The highest BCUT2D eigenvalue weighted by atomic mass is 16.5.